The van der Waals surface area contributed by atoms with E-state index in [1.807, 2.05) is 24.6 Å². The molecule has 0 saturated heterocycles. The summed E-state index contributed by atoms with van der Waals surface area (Å²) in [4.78, 5) is 26.3. The number of rotatable bonds is 5. The van der Waals surface area contributed by atoms with Crippen LogP contribution >= 0.6 is 11.3 Å². The number of nitro groups is 1. The molecule has 0 amide bonds. The van der Waals surface area contributed by atoms with Crippen molar-refractivity contribution in [2.24, 2.45) is 10.9 Å². The van der Waals surface area contributed by atoms with E-state index in [1.165, 1.54) is 11.3 Å². The van der Waals surface area contributed by atoms with Crippen molar-refractivity contribution < 1.29 is 14.5 Å². The quantitative estimate of drug-likeness (QED) is 0.470. The lowest BCUT2D eigenvalue weighted by atomic mass is 10.0. The lowest BCUT2D eigenvalue weighted by Gasteiger charge is -2.15. The summed E-state index contributed by atoms with van der Waals surface area (Å²) in [5.41, 5.74) is 1.14. The van der Waals surface area contributed by atoms with Crippen molar-refractivity contribution in [3.05, 3.63) is 32.5 Å². The van der Waals surface area contributed by atoms with Crippen LogP contribution in [0, 0.1) is 16.0 Å². The molecule has 1 aliphatic rings. The molecule has 1 unspecified atom stereocenters. The molecule has 7 heteroatoms. The Balaban J connectivity index is 2.26. The third-order valence-electron chi connectivity index (χ3n) is 2.91. The van der Waals surface area contributed by atoms with E-state index in [-0.39, 0.29) is 12.5 Å². The number of ether oxygens (including phenoxy) is 1. The number of thiophene rings is 1. The van der Waals surface area contributed by atoms with E-state index in [2.05, 4.69) is 4.99 Å². The topological polar surface area (TPSA) is 81.8 Å². The van der Waals surface area contributed by atoms with Gasteiger partial charge in [0.2, 0.25) is 12.8 Å². The number of carbonyl (C=O) groups excluding carboxylic acids is 1. The van der Waals surface area contributed by atoms with Gasteiger partial charge in [-0.2, -0.15) is 11.3 Å². The summed E-state index contributed by atoms with van der Waals surface area (Å²) in [6, 6.07) is 1.80. The van der Waals surface area contributed by atoms with Gasteiger partial charge in [-0.25, -0.2) is 9.79 Å². The van der Waals surface area contributed by atoms with Crippen molar-refractivity contribution in [2.75, 3.05) is 6.54 Å². The van der Waals surface area contributed by atoms with E-state index < -0.39 is 23.0 Å². The predicted molar refractivity (Wildman–Crippen MR) is 71.1 cm³/mol. The normalized spacial score (nSPS) is 20.3. The Kier molecular flexibility index (Phi) is 3.94. The molecule has 2 atom stereocenters. The maximum absolute atomic E-state index is 11.7. The van der Waals surface area contributed by atoms with Gasteiger partial charge in [-0.3, -0.25) is 10.1 Å². The first-order valence-electron chi connectivity index (χ1n) is 5.91. The smallest absolute Gasteiger partial charge is 0.354 e. The fourth-order valence-corrected chi connectivity index (χ4v) is 2.67. The summed E-state index contributed by atoms with van der Waals surface area (Å²) in [6.45, 7) is 3.38. The Morgan fingerprint density at radius 3 is 2.79 bits per heavy atom. The molecule has 19 heavy (non-hydrogen) atoms. The Labute approximate surface area is 114 Å². The van der Waals surface area contributed by atoms with Gasteiger partial charge in [-0.1, -0.05) is 13.8 Å². The van der Waals surface area contributed by atoms with E-state index in [0.29, 0.717) is 5.71 Å². The van der Waals surface area contributed by atoms with Gasteiger partial charge in [0.1, 0.15) is 11.6 Å². The molecule has 1 aromatic heterocycles. The third kappa shape index (κ3) is 2.98. The van der Waals surface area contributed by atoms with Gasteiger partial charge in [-0.05, 0) is 22.4 Å². The second-order valence-corrected chi connectivity index (χ2v) is 5.42. The van der Waals surface area contributed by atoms with Gasteiger partial charge in [0.05, 0.1) is 0 Å². The minimum atomic E-state index is -0.787. The predicted octanol–water partition coefficient (Wildman–Crippen LogP) is 2.09. The van der Waals surface area contributed by atoms with Crippen molar-refractivity contribution in [1.82, 2.24) is 0 Å². The number of carbonyl (C=O) groups is 1. The second-order valence-electron chi connectivity index (χ2n) is 4.64. The summed E-state index contributed by atoms with van der Waals surface area (Å²) in [7, 11) is 0. The first-order valence-corrected chi connectivity index (χ1v) is 6.86. The Hall–Kier alpha value is -1.76. The molecule has 0 fully saturated rings. The monoisotopic (exact) mass is 282 g/mol. The van der Waals surface area contributed by atoms with E-state index in [1.54, 1.807) is 6.07 Å². The van der Waals surface area contributed by atoms with Crippen molar-refractivity contribution >= 4 is 23.0 Å². The average molecular weight is 282 g/mol. The van der Waals surface area contributed by atoms with Gasteiger partial charge in [0, 0.05) is 10.8 Å². The van der Waals surface area contributed by atoms with E-state index in [4.69, 9.17) is 4.74 Å². The summed E-state index contributed by atoms with van der Waals surface area (Å²) >= 11 is 1.45. The molecule has 6 nitrogen and oxygen atoms in total. The molecule has 0 N–H and O–H groups in total. The molecule has 1 aliphatic heterocycles. The first-order chi connectivity index (χ1) is 8.99. The first kappa shape index (κ1) is 13.7. The standard InChI is InChI=1S/C12H14N2O4S/c1-7(2)10-12(15)18-11(13-10)9(5-14(16)17)8-3-4-19-6-8/h3-4,6-7,9,11H,5H2,1-2H3/t9-,11?/m0/s1. The number of hydrogen-bond donors (Lipinski definition) is 0. The molecule has 0 spiro atoms. The highest BCUT2D eigenvalue weighted by atomic mass is 32.1. The van der Waals surface area contributed by atoms with Gasteiger partial charge in [0.15, 0.2) is 0 Å². The van der Waals surface area contributed by atoms with Crippen LogP contribution in [0.15, 0.2) is 21.8 Å². The Morgan fingerprint density at radius 1 is 1.58 bits per heavy atom. The van der Waals surface area contributed by atoms with Crippen LogP contribution in [0.5, 0.6) is 0 Å². The third-order valence-corrected chi connectivity index (χ3v) is 3.61. The molecule has 0 bridgehead atoms. The van der Waals surface area contributed by atoms with Crippen LogP contribution in [-0.4, -0.2) is 29.4 Å². The minimum absolute atomic E-state index is 0.0452. The molecule has 0 saturated carbocycles. The SMILES string of the molecule is CC(C)C1=NC([C@@H](C[N+](=O)[O-])c2ccsc2)OC1=O. The van der Waals surface area contributed by atoms with Crippen molar-refractivity contribution in [2.45, 2.75) is 26.0 Å². The van der Waals surface area contributed by atoms with Gasteiger partial charge in [-0.15, -0.1) is 0 Å². The molecule has 102 valence electrons. The summed E-state index contributed by atoms with van der Waals surface area (Å²) in [5.74, 6) is -1.04. The van der Waals surface area contributed by atoms with Gasteiger partial charge < -0.3 is 4.74 Å². The zero-order valence-electron chi connectivity index (χ0n) is 10.6. The fraction of sp³-hybridized carbons (Fsp3) is 0.500. The minimum Gasteiger partial charge on any atom is -0.434 e. The zero-order chi connectivity index (χ0) is 14.0. The Bertz CT molecular complexity index is 510. The number of aliphatic imine (C=N–C) groups is 1. The fourth-order valence-electron chi connectivity index (χ4n) is 1.95. The number of nitrogens with zero attached hydrogens (tertiary/aromatic N) is 2. The van der Waals surface area contributed by atoms with E-state index in [9.17, 15) is 14.9 Å². The van der Waals surface area contributed by atoms with Crippen LogP contribution in [0.1, 0.15) is 25.3 Å². The van der Waals surface area contributed by atoms with Crippen molar-refractivity contribution in [3.8, 4) is 0 Å². The van der Waals surface area contributed by atoms with Crippen LogP contribution in [0.3, 0.4) is 0 Å². The van der Waals surface area contributed by atoms with Crippen LogP contribution in [-0.2, 0) is 9.53 Å². The maximum atomic E-state index is 11.7. The highest BCUT2D eigenvalue weighted by Crippen LogP contribution is 2.29. The lowest BCUT2D eigenvalue weighted by molar-refractivity contribution is -0.485. The van der Waals surface area contributed by atoms with Gasteiger partial charge in [0.25, 0.3) is 0 Å². The van der Waals surface area contributed by atoms with Crippen LogP contribution in [0.25, 0.3) is 0 Å². The molecular formula is C12H14N2O4S. The maximum Gasteiger partial charge on any atom is 0.354 e. The molecule has 2 rings (SSSR count). The average Bonchev–Trinajstić information content (AvgIpc) is 2.94. The largest absolute Gasteiger partial charge is 0.434 e. The number of esters is 1. The van der Waals surface area contributed by atoms with E-state index in [0.717, 1.165) is 5.56 Å². The summed E-state index contributed by atoms with van der Waals surface area (Å²) in [5, 5.41) is 14.4. The zero-order valence-corrected chi connectivity index (χ0v) is 11.4. The number of hydrogen-bond acceptors (Lipinski definition) is 6. The van der Waals surface area contributed by atoms with Crippen molar-refractivity contribution in [1.29, 1.82) is 0 Å². The van der Waals surface area contributed by atoms with Gasteiger partial charge >= 0.3 is 5.97 Å². The summed E-state index contributed by atoms with van der Waals surface area (Å²) in [6.07, 6.45) is -0.787. The molecule has 2 heterocycles. The molecule has 0 radical (unpaired) electrons. The summed E-state index contributed by atoms with van der Waals surface area (Å²) < 4.78 is 5.18. The van der Waals surface area contributed by atoms with Crippen LogP contribution in [0.2, 0.25) is 0 Å². The molecule has 0 aromatic carbocycles. The lowest BCUT2D eigenvalue weighted by Crippen LogP contribution is -2.25. The highest BCUT2D eigenvalue weighted by Gasteiger charge is 2.38. The molecular weight excluding hydrogens is 268 g/mol. The van der Waals surface area contributed by atoms with Crippen molar-refractivity contribution in [3.63, 3.8) is 0 Å². The molecule has 1 aromatic rings. The second kappa shape index (κ2) is 5.48. The molecule has 0 aliphatic carbocycles. The van der Waals surface area contributed by atoms with E-state index >= 15 is 0 Å². The number of cyclic esters (lactones) is 1. The van der Waals surface area contributed by atoms with Crippen LogP contribution < -0.4 is 0 Å². The highest BCUT2D eigenvalue weighted by molar-refractivity contribution is 7.08. The van der Waals surface area contributed by atoms with Crippen LogP contribution in [0.4, 0.5) is 0 Å². The Morgan fingerprint density at radius 2 is 2.32 bits per heavy atom.